The van der Waals surface area contributed by atoms with Crippen molar-refractivity contribution in [3.8, 4) is 0 Å². The van der Waals surface area contributed by atoms with E-state index >= 15 is 0 Å². The van der Waals surface area contributed by atoms with Gasteiger partial charge in [-0.25, -0.2) is 8.78 Å². The molecular formula is C21H17Br2F2NO. The number of hydrogen-bond acceptors (Lipinski definition) is 1. The maximum atomic E-state index is 14.8. The van der Waals surface area contributed by atoms with Gasteiger partial charge in [-0.1, -0.05) is 36.4 Å². The van der Waals surface area contributed by atoms with Crippen LogP contribution in [0.4, 0.5) is 14.5 Å². The Kier molecular flexibility index (Phi) is 6.27. The molecule has 27 heavy (non-hydrogen) atoms. The van der Waals surface area contributed by atoms with E-state index in [1.54, 1.807) is 24.3 Å². The minimum atomic E-state index is -1.39. The third-order valence-electron chi connectivity index (χ3n) is 4.43. The Morgan fingerprint density at radius 2 is 1.96 bits per heavy atom. The number of rotatable bonds is 6. The molecule has 140 valence electrons. The smallest absolute Gasteiger partial charge is 0.248 e. The van der Waals surface area contributed by atoms with Gasteiger partial charge in [-0.3, -0.25) is 4.79 Å². The Labute approximate surface area is 173 Å². The lowest BCUT2D eigenvalue weighted by molar-refractivity contribution is -0.111. The van der Waals surface area contributed by atoms with Crippen molar-refractivity contribution >= 4 is 43.5 Å². The number of alkyl halides is 2. The topological polar surface area (TPSA) is 29.1 Å². The van der Waals surface area contributed by atoms with E-state index < -0.39 is 18.3 Å². The predicted octanol–water partition coefficient (Wildman–Crippen LogP) is 6.63. The third kappa shape index (κ3) is 4.93. The first kappa shape index (κ1) is 20.0. The summed E-state index contributed by atoms with van der Waals surface area (Å²) in [5.74, 6) is -0.575. The van der Waals surface area contributed by atoms with Gasteiger partial charge in [-0.2, -0.15) is 0 Å². The van der Waals surface area contributed by atoms with Crippen molar-refractivity contribution in [2.45, 2.75) is 24.7 Å². The molecule has 1 saturated carbocycles. The molecule has 0 radical (unpaired) electrons. The average Bonchev–Trinajstić information content (AvgIpc) is 3.33. The average molecular weight is 497 g/mol. The highest BCUT2D eigenvalue weighted by atomic mass is 79.9. The summed E-state index contributed by atoms with van der Waals surface area (Å²) in [7, 11) is 0. The summed E-state index contributed by atoms with van der Waals surface area (Å²) < 4.78 is 29.5. The predicted molar refractivity (Wildman–Crippen MR) is 111 cm³/mol. The zero-order valence-electron chi connectivity index (χ0n) is 14.3. The number of anilines is 1. The van der Waals surface area contributed by atoms with E-state index in [1.165, 1.54) is 24.3 Å². The van der Waals surface area contributed by atoms with Gasteiger partial charge in [-0.15, -0.1) is 0 Å². The SMILES string of the molecule is O=C(/C=C/C=C/C1(F)CC1c1ccc(Br)c(Br)c1)Nc1ccccc1CF. The van der Waals surface area contributed by atoms with Gasteiger partial charge in [0.15, 0.2) is 0 Å². The second-order valence-electron chi connectivity index (χ2n) is 6.36. The van der Waals surface area contributed by atoms with Crippen molar-refractivity contribution < 1.29 is 13.6 Å². The molecule has 1 aliphatic carbocycles. The molecular weight excluding hydrogens is 480 g/mol. The number of para-hydroxylation sites is 1. The van der Waals surface area contributed by atoms with Crippen LogP contribution >= 0.6 is 31.9 Å². The van der Waals surface area contributed by atoms with Crippen molar-refractivity contribution in [3.05, 3.63) is 86.8 Å². The molecule has 1 fully saturated rings. The second kappa shape index (κ2) is 8.48. The fourth-order valence-electron chi connectivity index (χ4n) is 2.85. The minimum absolute atomic E-state index is 0.184. The largest absolute Gasteiger partial charge is 0.322 e. The number of amides is 1. The van der Waals surface area contributed by atoms with E-state index in [2.05, 4.69) is 37.2 Å². The molecule has 0 spiro atoms. The van der Waals surface area contributed by atoms with Crippen LogP contribution in [0.25, 0.3) is 0 Å². The lowest BCUT2D eigenvalue weighted by Crippen LogP contribution is -2.09. The molecule has 0 saturated heterocycles. The lowest BCUT2D eigenvalue weighted by Gasteiger charge is -2.06. The summed E-state index contributed by atoms with van der Waals surface area (Å²) in [6.07, 6.45) is 6.22. The number of allylic oxidation sites excluding steroid dienone is 3. The Hall–Kier alpha value is -1.79. The van der Waals surface area contributed by atoms with Crippen LogP contribution in [0.5, 0.6) is 0 Å². The first-order valence-electron chi connectivity index (χ1n) is 8.37. The standard InChI is InChI=1S/C21H17Br2F2NO/c22-17-9-8-14(11-18(17)23)16-12-21(16,25)10-4-3-7-20(27)26-19-6-2-1-5-15(19)13-24/h1-11,16H,12-13H2,(H,26,27)/b7-3+,10-4+. The number of hydrogen-bond donors (Lipinski definition) is 1. The molecule has 1 N–H and O–H groups in total. The molecule has 0 bridgehead atoms. The fraction of sp³-hybridized carbons (Fsp3) is 0.190. The highest BCUT2D eigenvalue weighted by Gasteiger charge is 2.54. The summed E-state index contributed by atoms with van der Waals surface area (Å²) in [5, 5.41) is 2.62. The van der Waals surface area contributed by atoms with Crippen LogP contribution in [0.3, 0.4) is 0 Å². The molecule has 0 heterocycles. The lowest BCUT2D eigenvalue weighted by atomic mass is 10.1. The van der Waals surface area contributed by atoms with Crippen LogP contribution in [0.2, 0.25) is 0 Å². The van der Waals surface area contributed by atoms with Crippen molar-refractivity contribution in [2.24, 2.45) is 0 Å². The molecule has 1 aliphatic rings. The van der Waals surface area contributed by atoms with Crippen molar-refractivity contribution in [2.75, 3.05) is 5.32 Å². The molecule has 1 amide bonds. The fourth-order valence-corrected chi connectivity index (χ4v) is 3.50. The van der Waals surface area contributed by atoms with Gasteiger partial charge in [0.05, 0.1) is 0 Å². The van der Waals surface area contributed by atoms with Crippen LogP contribution in [-0.2, 0) is 11.5 Å². The molecule has 6 heteroatoms. The number of carbonyl (C=O) groups excluding carboxylic acids is 1. The molecule has 2 aromatic carbocycles. The monoisotopic (exact) mass is 495 g/mol. The van der Waals surface area contributed by atoms with Crippen LogP contribution in [0, 0.1) is 0 Å². The summed E-state index contributed by atoms with van der Waals surface area (Å²) in [6.45, 7) is -0.655. The van der Waals surface area contributed by atoms with Crippen LogP contribution in [0.15, 0.2) is 75.7 Å². The summed E-state index contributed by atoms with van der Waals surface area (Å²) in [6, 6.07) is 12.4. The maximum absolute atomic E-state index is 14.8. The highest BCUT2D eigenvalue weighted by molar-refractivity contribution is 9.13. The molecule has 2 unspecified atom stereocenters. The normalized spacial score (nSPS) is 21.7. The summed E-state index contributed by atoms with van der Waals surface area (Å²) in [4.78, 5) is 11.9. The quantitative estimate of drug-likeness (QED) is 0.353. The van der Waals surface area contributed by atoms with Crippen LogP contribution in [0.1, 0.15) is 23.5 Å². The van der Waals surface area contributed by atoms with Gasteiger partial charge in [0, 0.05) is 32.2 Å². The Balaban J connectivity index is 1.57. The van der Waals surface area contributed by atoms with E-state index in [-0.39, 0.29) is 5.92 Å². The van der Waals surface area contributed by atoms with Crippen molar-refractivity contribution in [3.63, 3.8) is 0 Å². The van der Waals surface area contributed by atoms with E-state index in [9.17, 15) is 13.6 Å². The summed E-state index contributed by atoms with van der Waals surface area (Å²) >= 11 is 6.83. The van der Waals surface area contributed by atoms with E-state index in [4.69, 9.17) is 0 Å². The van der Waals surface area contributed by atoms with Crippen molar-refractivity contribution in [1.29, 1.82) is 0 Å². The van der Waals surface area contributed by atoms with Gasteiger partial charge >= 0.3 is 0 Å². The molecule has 2 nitrogen and oxygen atoms in total. The first-order valence-corrected chi connectivity index (χ1v) is 9.96. The van der Waals surface area contributed by atoms with Gasteiger partial charge in [-0.05, 0) is 68.1 Å². The van der Waals surface area contributed by atoms with Crippen LogP contribution < -0.4 is 5.32 Å². The van der Waals surface area contributed by atoms with Crippen molar-refractivity contribution in [1.82, 2.24) is 0 Å². The van der Waals surface area contributed by atoms with Gasteiger partial charge in [0.1, 0.15) is 12.3 Å². The van der Waals surface area contributed by atoms with Gasteiger partial charge in [0.2, 0.25) is 5.91 Å². The van der Waals surface area contributed by atoms with E-state index in [0.717, 1.165) is 14.5 Å². The van der Waals surface area contributed by atoms with Gasteiger partial charge in [0.25, 0.3) is 0 Å². The van der Waals surface area contributed by atoms with E-state index in [1.807, 2.05) is 18.2 Å². The Morgan fingerprint density at radius 1 is 1.19 bits per heavy atom. The number of nitrogens with one attached hydrogen (secondary N) is 1. The van der Waals surface area contributed by atoms with E-state index in [0.29, 0.717) is 17.7 Å². The summed E-state index contributed by atoms with van der Waals surface area (Å²) in [5.41, 5.74) is 0.388. The maximum Gasteiger partial charge on any atom is 0.248 e. The van der Waals surface area contributed by atoms with Gasteiger partial charge < -0.3 is 5.32 Å². The molecule has 3 rings (SSSR count). The molecule has 0 aliphatic heterocycles. The number of benzene rings is 2. The number of carbonyl (C=O) groups is 1. The Morgan fingerprint density at radius 3 is 2.70 bits per heavy atom. The zero-order chi connectivity index (χ0) is 19.4. The highest BCUT2D eigenvalue weighted by Crippen LogP contribution is 2.56. The Bertz CT molecular complexity index is 913. The molecule has 0 aromatic heterocycles. The molecule has 2 aromatic rings. The first-order chi connectivity index (χ1) is 12.9. The van der Waals surface area contributed by atoms with Crippen LogP contribution in [-0.4, -0.2) is 11.6 Å². The number of halogens is 4. The minimum Gasteiger partial charge on any atom is -0.322 e. The zero-order valence-corrected chi connectivity index (χ0v) is 17.4. The third-order valence-corrected chi connectivity index (χ3v) is 6.31. The second-order valence-corrected chi connectivity index (χ2v) is 8.06. The molecule has 2 atom stereocenters.